The second kappa shape index (κ2) is 6.98. The third-order valence-corrected chi connectivity index (χ3v) is 3.59. The minimum Gasteiger partial charge on any atom is -1.00 e. The van der Waals surface area contributed by atoms with Crippen LogP contribution in [0.15, 0.2) is 23.1 Å². The van der Waals surface area contributed by atoms with Crippen molar-refractivity contribution in [2.24, 2.45) is 0 Å². The molecule has 0 bridgehead atoms. The molecule has 4 nitrogen and oxygen atoms in total. The molecule has 0 saturated carbocycles. The summed E-state index contributed by atoms with van der Waals surface area (Å²) < 4.78 is 51.5. The first-order valence-electron chi connectivity index (χ1n) is 5.06. The van der Waals surface area contributed by atoms with Crippen LogP contribution in [0.25, 0.3) is 0 Å². The maximum atomic E-state index is 13.3. The van der Waals surface area contributed by atoms with Crippen LogP contribution in [0.2, 0.25) is 0 Å². The Balaban J connectivity index is 0.00000289. The second-order valence-electron chi connectivity index (χ2n) is 3.93. The lowest BCUT2D eigenvalue weighted by molar-refractivity contribution is -0.856. The third-order valence-electron chi connectivity index (χ3n) is 2.10. The van der Waals surface area contributed by atoms with Gasteiger partial charge in [0, 0.05) is 6.07 Å². The SMILES string of the molecule is C[NH+](C)CCNS(=O)(=O)c1ccc(F)cc1F.[Cl-]. The van der Waals surface area contributed by atoms with Crippen molar-refractivity contribution in [2.45, 2.75) is 4.90 Å². The van der Waals surface area contributed by atoms with Gasteiger partial charge in [-0.2, -0.15) is 0 Å². The molecule has 0 saturated heterocycles. The average molecular weight is 301 g/mol. The Bertz CT molecular complexity index is 495. The quantitative estimate of drug-likeness (QED) is 0.590. The molecule has 2 N–H and O–H groups in total. The van der Waals surface area contributed by atoms with Gasteiger partial charge in [-0.3, -0.25) is 0 Å². The van der Waals surface area contributed by atoms with Gasteiger partial charge >= 0.3 is 0 Å². The van der Waals surface area contributed by atoms with Crippen molar-refractivity contribution in [1.29, 1.82) is 0 Å². The molecule has 0 aliphatic heterocycles. The number of sulfonamides is 1. The minimum atomic E-state index is -3.91. The van der Waals surface area contributed by atoms with E-state index < -0.39 is 26.6 Å². The summed E-state index contributed by atoms with van der Waals surface area (Å²) in [6, 6.07) is 2.37. The number of halogens is 3. The van der Waals surface area contributed by atoms with Gasteiger partial charge in [0.25, 0.3) is 0 Å². The zero-order valence-corrected chi connectivity index (χ0v) is 11.6. The Labute approximate surface area is 111 Å². The number of hydrogen-bond acceptors (Lipinski definition) is 2. The molecule has 0 unspecified atom stereocenters. The van der Waals surface area contributed by atoms with E-state index in [1.807, 2.05) is 14.1 Å². The topological polar surface area (TPSA) is 50.6 Å². The van der Waals surface area contributed by atoms with Crippen LogP contribution in [0.5, 0.6) is 0 Å². The van der Waals surface area contributed by atoms with Gasteiger partial charge in [-0.1, -0.05) is 0 Å². The predicted octanol–water partition coefficient (Wildman–Crippen LogP) is -3.61. The van der Waals surface area contributed by atoms with E-state index in [1.54, 1.807) is 0 Å². The van der Waals surface area contributed by atoms with E-state index in [0.29, 0.717) is 12.6 Å². The van der Waals surface area contributed by atoms with E-state index in [9.17, 15) is 17.2 Å². The molecule has 1 aromatic carbocycles. The molecule has 0 fully saturated rings. The maximum absolute atomic E-state index is 13.3. The first kappa shape index (κ1) is 17.2. The Kier molecular flexibility index (Phi) is 6.69. The van der Waals surface area contributed by atoms with Gasteiger partial charge in [0.2, 0.25) is 10.0 Å². The number of benzene rings is 1. The Morgan fingerprint density at radius 3 is 2.39 bits per heavy atom. The molecule has 1 rings (SSSR count). The predicted molar refractivity (Wildman–Crippen MR) is 59.2 cm³/mol. The molecule has 18 heavy (non-hydrogen) atoms. The van der Waals surface area contributed by atoms with Gasteiger partial charge in [0.1, 0.15) is 16.5 Å². The van der Waals surface area contributed by atoms with Gasteiger partial charge in [0.05, 0.1) is 27.2 Å². The molecule has 0 aromatic heterocycles. The smallest absolute Gasteiger partial charge is 0.243 e. The molecule has 1 aromatic rings. The van der Waals surface area contributed by atoms with Crippen LogP contribution in [-0.2, 0) is 10.0 Å². The minimum absolute atomic E-state index is 0. The molecule has 0 amide bonds. The van der Waals surface area contributed by atoms with Crippen LogP contribution < -0.4 is 22.0 Å². The van der Waals surface area contributed by atoms with Gasteiger partial charge in [-0.05, 0) is 12.1 Å². The average Bonchev–Trinajstić information content (AvgIpc) is 2.15. The van der Waals surface area contributed by atoms with Crippen LogP contribution >= 0.6 is 0 Å². The second-order valence-corrected chi connectivity index (χ2v) is 5.67. The van der Waals surface area contributed by atoms with E-state index in [-0.39, 0.29) is 19.0 Å². The molecule has 8 heteroatoms. The maximum Gasteiger partial charge on any atom is 0.243 e. The van der Waals surface area contributed by atoms with Crippen LogP contribution in [0.4, 0.5) is 8.78 Å². The van der Waals surface area contributed by atoms with Crippen LogP contribution in [-0.4, -0.2) is 35.6 Å². The molecule has 0 aliphatic carbocycles. The zero-order chi connectivity index (χ0) is 13.1. The summed E-state index contributed by atoms with van der Waals surface area (Å²) in [6.45, 7) is 0.767. The lowest BCUT2D eigenvalue weighted by Crippen LogP contribution is -3.06. The molecule has 104 valence electrons. The molecule has 0 radical (unpaired) electrons. The van der Waals surface area contributed by atoms with Crippen molar-refractivity contribution in [1.82, 2.24) is 4.72 Å². The molecule has 0 spiro atoms. The van der Waals surface area contributed by atoms with E-state index in [4.69, 9.17) is 0 Å². The molecule has 0 atom stereocenters. The first-order chi connectivity index (χ1) is 7.83. The number of quaternary nitrogens is 1. The van der Waals surface area contributed by atoms with Crippen molar-refractivity contribution in [3.63, 3.8) is 0 Å². The summed E-state index contributed by atoms with van der Waals surface area (Å²) >= 11 is 0. The van der Waals surface area contributed by atoms with E-state index in [2.05, 4.69) is 4.72 Å². The molecule has 0 aliphatic rings. The summed E-state index contributed by atoms with van der Waals surface area (Å²) in [5, 5.41) is 0. The zero-order valence-electron chi connectivity index (χ0n) is 10.0. The highest BCUT2D eigenvalue weighted by atomic mass is 35.5. The van der Waals surface area contributed by atoms with Crippen molar-refractivity contribution >= 4 is 10.0 Å². The monoisotopic (exact) mass is 300 g/mol. The number of likely N-dealkylation sites (N-methyl/N-ethyl adjacent to an activating group) is 1. The lowest BCUT2D eigenvalue weighted by Gasteiger charge is -2.09. The lowest BCUT2D eigenvalue weighted by atomic mass is 10.3. The Hall–Kier alpha value is -0.760. The van der Waals surface area contributed by atoms with Gasteiger partial charge in [0.15, 0.2) is 0 Å². The Morgan fingerprint density at radius 1 is 1.28 bits per heavy atom. The Morgan fingerprint density at radius 2 is 1.89 bits per heavy atom. The highest BCUT2D eigenvalue weighted by molar-refractivity contribution is 7.89. The van der Waals surface area contributed by atoms with Crippen LogP contribution in [0.3, 0.4) is 0 Å². The summed E-state index contributed by atoms with van der Waals surface area (Å²) in [6.07, 6.45) is 0. The normalized spacial score (nSPS) is 11.4. The fourth-order valence-electron chi connectivity index (χ4n) is 1.21. The van der Waals surface area contributed by atoms with Crippen molar-refractivity contribution in [3.05, 3.63) is 29.8 Å². The number of rotatable bonds is 5. The van der Waals surface area contributed by atoms with E-state index in [1.165, 1.54) is 0 Å². The summed E-state index contributed by atoms with van der Waals surface area (Å²) in [5.74, 6) is -1.89. The van der Waals surface area contributed by atoms with Gasteiger partial charge in [-0.15, -0.1) is 0 Å². The summed E-state index contributed by atoms with van der Waals surface area (Å²) in [7, 11) is -0.173. The van der Waals surface area contributed by atoms with Crippen LogP contribution in [0.1, 0.15) is 0 Å². The number of hydrogen-bond donors (Lipinski definition) is 2. The fraction of sp³-hybridized carbons (Fsp3) is 0.400. The van der Waals surface area contributed by atoms with Crippen LogP contribution in [0, 0.1) is 11.6 Å². The van der Waals surface area contributed by atoms with Gasteiger partial charge in [-0.25, -0.2) is 21.9 Å². The fourth-order valence-corrected chi connectivity index (χ4v) is 2.30. The largest absolute Gasteiger partial charge is 1.00 e. The highest BCUT2D eigenvalue weighted by Gasteiger charge is 2.19. The van der Waals surface area contributed by atoms with E-state index >= 15 is 0 Å². The summed E-state index contributed by atoms with van der Waals surface area (Å²) in [5.41, 5.74) is 0. The van der Waals surface area contributed by atoms with Crippen molar-refractivity contribution in [2.75, 3.05) is 27.2 Å². The first-order valence-corrected chi connectivity index (χ1v) is 6.55. The van der Waals surface area contributed by atoms with Crippen molar-refractivity contribution in [3.8, 4) is 0 Å². The summed E-state index contributed by atoms with van der Waals surface area (Å²) in [4.78, 5) is 0.528. The number of nitrogens with one attached hydrogen (secondary N) is 2. The standard InChI is InChI=1S/C10H14F2N2O2S.ClH/c1-14(2)6-5-13-17(15,16)10-4-3-8(11)7-9(10)12;/h3-4,7,13H,5-6H2,1-2H3;1H. The van der Waals surface area contributed by atoms with Gasteiger partial charge < -0.3 is 17.3 Å². The molecular weight excluding hydrogens is 286 g/mol. The highest BCUT2D eigenvalue weighted by Crippen LogP contribution is 2.14. The van der Waals surface area contributed by atoms with Crippen molar-refractivity contribution < 1.29 is 34.5 Å². The molecule has 0 heterocycles. The third kappa shape index (κ3) is 4.85. The van der Waals surface area contributed by atoms with E-state index in [0.717, 1.165) is 17.0 Å². The molecular formula is C10H15ClF2N2O2S.